The highest BCUT2D eigenvalue weighted by atomic mass is 14.6. The molecule has 0 aliphatic carbocycles. The van der Waals surface area contributed by atoms with Crippen molar-refractivity contribution in [2.45, 2.75) is 6.42 Å². The molecule has 3 rings (SSSR count). The molecule has 1 aromatic heterocycles. The molecule has 0 amide bonds. The van der Waals surface area contributed by atoms with Gasteiger partial charge in [0.05, 0.1) is 0 Å². The molecule has 1 nitrogen and oxygen atoms in total. The van der Waals surface area contributed by atoms with Gasteiger partial charge in [-0.15, -0.1) is 0 Å². The fourth-order valence-corrected chi connectivity index (χ4v) is 2.25. The van der Waals surface area contributed by atoms with Crippen LogP contribution in [0.15, 0.2) is 79.1 Å². The van der Waals surface area contributed by atoms with Crippen LogP contribution in [0, 0.1) is 0 Å². The molecular weight excluding hydrogens is 254 g/mol. The van der Waals surface area contributed by atoms with Gasteiger partial charge in [-0.05, 0) is 40.8 Å². The van der Waals surface area contributed by atoms with Gasteiger partial charge >= 0.3 is 0 Å². The number of rotatable bonds is 4. The summed E-state index contributed by atoms with van der Waals surface area (Å²) in [6.07, 6.45) is 8.83. The van der Waals surface area contributed by atoms with Gasteiger partial charge in [-0.3, -0.25) is 4.98 Å². The van der Waals surface area contributed by atoms with Gasteiger partial charge in [0, 0.05) is 12.4 Å². The van der Waals surface area contributed by atoms with Gasteiger partial charge in [-0.2, -0.15) is 0 Å². The Kier molecular flexibility index (Phi) is 4.23. The molecule has 0 unspecified atom stereocenters. The Morgan fingerprint density at radius 3 is 1.86 bits per heavy atom. The van der Waals surface area contributed by atoms with Crippen LogP contribution >= 0.6 is 0 Å². The Morgan fingerprint density at radius 1 is 0.619 bits per heavy atom. The number of hydrogen-bond acceptors (Lipinski definition) is 1. The fourth-order valence-electron chi connectivity index (χ4n) is 2.25. The summed E-state index contributed by atoms with van der Waals surface area (Å²) in [5, 5.41) is 0. The second kappa shape index (κ2) is 6.67. The van der Waals surface area contributed by atoms with Gasteiger partial charge in [0.25, 0.3) is 0 Å². The molecular formula is C20H17N. The quantitative estimate of drug-likeness (QED) is 0.661. The minimum atomic E-state index is 0.981. The molecule has 1 heterocycles. The molecule has 0 bridgehead atoms. The molecule has 0 saturated heterocycles. The molecule has 0 saturated carbocycles. The summed E-state index contributed by atoms with van der Waals surface area (Å²) in [5.41, 5.74) is 5.06. The smallest absolute Gasteiger partial charge is 0.0273 e. The first kappa shape index (κ1) is 13.3. The van der Waals surface area contributed by atoms with E-state index >= 15 is 0 Å². The summed E-state index contributed by atoms with van der Waals surface area (Å²) in [4.78, 5) is 4.02. The third kappa shape index (κ3) is 3.90. The third-order valence-corrected chi connectivity index (χ3v) is 3.41. The highest BCUT2D eigenvalue weighted by Crippen LogP contribution is 2.12. The van der Waals surface area contributed by atoms with E-state index in [2.05, 4.69) is 71.7 Å². The Morgan fingerprint density at radius 2 is 1.19 bits per heavy atom. The highest BCUT2D eigenvalue weighted by Gasteiger charge is 1.95. The normalized spacial score (nSPS) is 10.9. The van der Waals surface area contributed by atoms with E-state index in [1.165, 1.54) is 22.3 Å². The Hall–Kier alpha value is -2.67. The van der Waals surface area contributed by atoms with Crippen molar-refractivity contribution in [2.24, 2.45) is 0 Å². The maximum absolute atomic E-state index is 4.02. The maximum Gasteiger partial charge on any atom is 0.0273 e. The van der Waals surface area contributed by atoms with Crippen molar-refractivity contribution in [3.63, 3.8) is 0 Å². The van der Waals surface area contributed by atoms with E-state index in [1.807, 2.05) is 24.5 Å². The van der Waals surface area contributed by atoms with E-state index in [0.717, 1.165) is 6.42 Å². The first-order valence-electron chi connectivity index (χ1n) is 7.11. The van der Waals surface area contributed by atoms with Crippen LogP contribution in [0.2, 0.25) is 0 Å². The van der Waals surface area contributed by atoms with Gasteiger partial charge in [-0.1, -0.05) is 66.7 Å². The summed E-state index contributed by atoms with van der Waals surface area (Å²) < 4.78 is 0. The van der Waals surface area contributed by atoms with E-state index in [9.17, 15) is 0 Å². The molecule has 102 valence electrons. The monoisotopic (exact) mass is 271 g/mol. The molecule has 0 fully saturated rings. The highest BCUT2D eigenvalue weighted by molar-refractivity contribution is 5.69. The average Bonchev–Trinajstić information content (AvgIpc) is 2.56. The lowest BCUT2D eigenvalue weighted by atomic mass is 10.0. The molecule has 0 spiro atoms. The van der Waals surface area contributed by atoms with E-state index < -0.39 is 0 Å². The second-order valence-corrected chi connectivity index (χ2v) is 5.02. The topological polar surface area (TPSA) is 12.9 Å². The molecule has 3 aromatic rings. The lowest BCUT2D eigenvalue weighted by molar-refractivity contribution is 1.19. The van der Waals surface area contributed by atoms with Crippen molar-refractivity contribution in [3.05, 3.63) is 101 Å². The third-order valence-electron chi connectivity index (χ3n) is 3.41. The predicted octanol–water partition coefficient (Wildman–Crippen LogP) is 4.84. The van der Waals surface area contributed by atoms with E-state index in [0.29, 0.717) is 0 Å². The van der Waals surface area contributed by atoms with Crippen molar-refractivity contribution in [1.29, 1.82) is 0 Å². The summed E-state index contributed by atoms with van der Waals surface area (Å²) in [5.74, 6) is 0. The zero-order chi connectivity index (χ0) is 14.3. The SMILES string of the molecule is C(=C\c1ccc(Cc2ccccc2)cc1)/c1ccncc1. The van der Waals surface area contributed by atoms with Crippen LogP contribution < -0.4 is 0 Å². The first-order valence-corrected chi connectivity index (χ1v) is 7.11. The summed E-state index contributed by atoms with van der Waals surface area (Å²) >= 11 is 0. The van der Waals surface area contributed by atoms with Crippen molar-refractivity contribution in [3.8, 4) is 0 Å². The van der Waals surface area contributed by atoms with E-state index in [-0.39, 0.29) is 0 Å². The lowest BCUT2D eigenvalue weighted by Gasteiger charge is -2.02. The van der Waals surface area contributed by atoms with Crippen molar-refractivity contribution in [2.75, 3.05) is 0 Å². The molecule has 0 aliphatic heterocycles. The average molecular weight is 271 g/mol. The van der Waals surface area contributed by atoms with Crippen molar-refractivity contribution >= 4 is 12.2 Å². The van der Waals surface area contributed by atoms with Crippen LogP contribution in [0.4, 0.5) is 0 Å². The van der Waals surface area contributed by atoms with Gasteiger partial charge in [-0.25, -0.2) is 0 Å². The molecule has 0 atom stereocenters. The minimum absolute atomic E-state index is 0.981. The molecule has 0 N–H and O–H groups in total. The van der Waals surface area contributed by atoms with Crippen molar-refractivity contribution < 1.29 is 0 Å². The Balaban J connectivity index is 1.68. The number of pyridine rings is 1. The van der Waals surface area contributed by atoms with Gasteiger partial charge in [0.15, 0.2) is 0 Å². The van der Waals surface area contributed by atoms with Crippen LogP contribution in [0.5, 0.6) is 0 Å². The molecule has 0 radical (unpaired) electrons. The summed E-state index contributed by atoms with van der Waals surface area (Å²) in [6, 6.07) is 23.3. The molecule has 0 aliphatic rings. The molecule has 1 heteroatoms. The van der Waals surface area contributed by atoms with Crippen molar-refractivity contribution in [1.82, 2.24) is 4.98 Å². The number of aromatic nitrogens is 1. The Bertz CT molecular complexity index is 698. The zero-order valence-corrected chi connectivity index (χ0v) is 11.8. The number of nitrogens with zero attached hydrogens (tertiary/aromatic N) is 1. The van der Waals surface area contributed by atoms with E-state index in [1.54, 1.807) is 0 Å². The van der Waals surface area contributed by atoms with E-state index in [4.69, 9.17) is 0 Å². The lowest BCUT2D eigenvalue weighted by Crippen LogP contribution is -1.87. The fraction of sp³-hybridized carbons (Fsp3) is 0.0500. The summed E-state index contributed by atoms with van der Waals surface area (Å²) in [6.45, 7) is 0. The van der Waals surface area contributed by atoms with Crippen LogP contribution in [-0.2, 0) is 6.42 Å². The Labute approximate surface area is 125 Å². The molecule has 21 heavy (non-hydrogen) atoms. The van der Waals surface area contributed by atoms with Gasteiger partial charge in [0.2, 0.25) is 0 Å². The second-order valence-electron chi connectivity index (χ2n) is 5.02. The van der Waals surface area contributed by atoms with Crippen LogP contribution in [0.3, 0.4) is 0 Å². The zero-order valence-electron chi connectivity index (χ0n) is 11.8. The minimum Gasteiger partial charge on any atom is -0.265 e. The van der Waals surface area contributed by atoms with Gasteiger partial charge < -0.3 is 0 Å². The van der Waals surface area contributed by atoms with Crippen LogP contribution in [0.1, 0.15) is 22.3 Å². The van der Waals surface area contributed by atoms with Gasteiger partial charge in [0.1, 0.15) is 0 Å². The summed E-state index contributed by atoms with van der Waals surface area (Å²) in [7, 11) is 0. The largest absolute Gasteiger partial charge is 0.265 e. The number of benzene rings is 2. The first-order chi connectivity index (χ1) is 10.4. The van der Waals surface area contributed by atoms with Crippen LogP contribution in [-0.4, -0.2) is 4.98 Å². The molecule has 2 aromatic carbocycles. The maximum atomic E-state index is 4.02. The standard InChI is InChI=1S/C20H17N/c1-2-4-19(5-3-1)16-20-10-8-17(9-11-20)6-7-18-12-14-21-15-13-18/h1-15H,16H2/b7-6+. The number of hydrogen-bond donors (Lipinski definition) is 0. The van der Waals surface area contributed by atoms with Crippen LogP contribution in [0.25, 0.3) is 12.2 Å². The predicted molar refractivity (Wildman–Crippen MR) is 88.9 cm³/mol.